The monoisotopic (exact) mass is 1750 g/mol. The van der Waals surface area contributed by atoms with E-state index in [1.54, 1.807) is 65.6 Å². The Morgan fingerprint density at radius 3 is 1.20 bits per heavy atom. The number of nitrogens with one attached hydrogen (secondary N) is 2. The standard InChI is InChI=1S/C21H19NO2.C18H15NO.C15H14BrNO2.C13H10Br2O.C8H9NO2.C7H5NO.C6H7BO2.3C2H6.CH4O/c1-16-13-18(17-9-5-3-6-10-17)15-20(14-16)22(21(23)24-2)19-11-7-4-8-12-19;20-18-12-15(14-7-3-1-4-8-14)11-17(13-18)19-16-9-5-2-6-10-16;1-11-8-12(16)10-14(9-11)17(15(18)19-2)13-6-4-3-5-7-13;14-11-6-12(15)8-13(7-11)16-9-10-4-2-1-3-5-10;1-11-8(10)9-7-5-3-2-4-6-7;9-6-8-7-4-2-1-3-5-7;8-7(9)6-4-2-1-3-5-6;4*1-2/h3-15H,1-2H3;1-13,19-20H;3-10H,1-2H3;1-8H,9H2;2-6H,1H3,(H,9,10);1-5H;1-5,8-9H;3*1-2H3;2H,1H3. The molecule has 0 aliphatic heterocycles. The van der Waals surface area contributed by atoms with E-state index in [4.69, 9.17) is 29.4 Å². The molecule has 602 valence electrons. The number of carbonyl (C=O) groups is 3. The smallest absolute Gasteiger partial charge is 0.488 e. The quantitative estimate of drug-likeness (QED) is 0.0258. The maximum absolute atomic E-state index is 12.4. The number of methoxy groups -OCH3 is 3. The number of hydrogen-bond acceptors (Lipinski definition) is 14. The van der Waals surface area contributed by atoms with Gasteiger partial charge in [0.05, 0.1) is 49.8 Å². The summed E-state index contributed by atoms with van der Waals surface area (Å²) in [6.07, 6.45) is 0.186. The molecular weight excluding hydrogens is 1650 g/mol. The Balaban J connectivity index is 0.000000353. The van der Waals surface area contributed by atoms with Crippen LogP contribution in [0.4, 0.5) is 59.9 Å². The fourth-order valence-corrected chi connectivity index (χ4v) is 11.8. The lowest BCUT2D eigenvalue weighted by Crippen LogP contribution is -2.29. The number of phenolic OH excluding ortho intramolecular Hbond substituents is 1. The highest BCUT2D eigenvalue weighted by molar-refractivity contribution is 9.11. The molecule has 0 aliphatic rings. The van der Waals surface area contributed by atoms with Gasteiger partial charge in [0.2, 0.25) is 6.08 Å². The molecule has 0 heterocycles. The Hall–Kier alpha value is -12.2. The third-order valence-corrected chi connectivity index (χ3v) is 16.2. The number of rotatable bonds is 14. The van der Waals surface area contributed by atoms with E-state index in [0.717, 1.165) is 99.5 Å². The van der Waals surface area contributed by atoms with Crippen molar-refractivity contribution < 1.29 is 58.4 Å². The number of anilines is 7. The molecule has 0 aliphatic carbocycles. The van der Waals surface area contributed by atoms with E-state index in [1.807, 2.05) is 322 Å². The van der Waals surface area contributed by atoms with Crippen LogP contribution in [0.3, 0.4) is 0 Å². The van der Waals surface area contributed by atoms with Crippen LogP contribution in [0.1, 0.15) is 58.2 Å². The Morgan fingerprint density at radius 2 is 0.784 bits per heavy atom. The van der Waals surface area contributed by atoms with Gasteiger partial charge in [-0.1, -0.05) is 308 Å². The molecule has 0 spiro atoms. The maximum atomic E-state index is 12.4. The molecule has 21 heteroatoms. The average molecular weight is 1760 g/mol. The average Bonchev–Trinajstić information content (AvgIpc) is 0.809. The predicted octanol–water partition coefficient (Wildman–Crippen LogP) is 25.4. The number of hydrogen-bond donors (Lipinski definition) is 6. The van der Waals surface area contributed by atoms with E-state index in [2.05, 4.69) is 86.4 Å². The highest BCUT2D eigenvalue weighted by Crippen LogP contribution is 2.34. The van der Waals surface area contributed by atoms with Crippen LogP contribution < -0.4 is 30.6 Å². The minimum atomic E-state index is -1.34. The van der Waals surface area contributed by atoms with Gasteiger partial charge in [0.15, 0.2) is 0 Å². The molecule has 0 bridgehead atoms. The van der Waals surface area contributed by atoms with E-state index in [-0.39, 0.29) is 5.75 Å². The van der Waals surface area contributed by atoms with Crippen molar-refractivity contribution >= 4 is 130 Å². The number of isocyanates is 1. The minimum Gasteiger partial charge on any atom is -0.508 e. The number of aliphatic hydroxyl groups excluding tert-OH is 1. The van der Waals surface area contributed by atoms with E-state index < -0.39 is 25.4 Å². The summed E-state index contributed by atoms with van der Waals surface area (Å²) in [5.74, 6) is 1.11. The number of benzene rings is 13. The lowest BCUT2D eigenvalue weighted by atomic mass is 9.81. The minimum absolute atomic E-state index is 0.254. The first-order valence-corrected chi connectivity index (χ1v) is 39.3. The van der Waals surface area contributed by atoms with Gasteiger partial charge in [-0.3, -0.25) is 5.32 Å². The van der Waals surface area contributed by atoms with Gasteiger partial charge in [-0.05, 0) is 180 Å². The van der Waals surface area contributed by atoms with Gasteiger partial charge in [0.1, 0.15) is 18.1 Å². The largest absolute Gasteiger partial charge is 0.508 e. The fourth-order valence-electron chi connectivity index (χ4n) is 9.98. The summed E-state index contributed by atoms with van der Waals surface area (Å²) in [4.78, 5) is 51.3. The fraction of sp³-hybridized carbons (Fsp3) is 0.137. The van der Waals surface area contributed by atoms with Crippen molar-refractivity contribution in [2.24, 2.45) is 4.99 Å². The highest BCUT2D eigenvalue weighted by atomic mass is 79.9. The van der Waals surface area contributed by atoms with Gasteiger partial charge in [-0.2, -0.15) is 4.99 Å². The molecule has 17 nitrogen and oxygen atoms in total. The summed E-state index contributed by atoms with van der Waals surface area (Å²) in [6.45, 7) is 16.6. The third-order valence-electron chi connectivity index (χ3n) is 14.9. The van der Waals surface area contributed by atoms with Crippen molar-refractivity contribution in [3.63, 3.8) is 0 Å². The van der Waals surface area contributed by atoms with Crippen molar-refractivity contribution in [2.45, 2.75) is 62.0 Å². The van der Waals surface area contributed by atoms with E-state index >= 15 is 0 Å². The van der Waals surface area contributed by atoms with Crippen molar-refractivity contribution in [3.8, 4) is 33.8 Å². The van der Waals surface area contributed by atoms with E-state index in [0.29, 0.717) is 17.8 Å². The number of aromatic hydroxyl groups is 1. The number of aliphatic imine (C=N–C) groups is 1. The van der Waals surface area contributed by atoms with Gasteiger partial charge in [0, 0.05) is 43.7 Å². The first-order valence-electron chi connectivity index (χ1n) is 37.0. The molecule has 0 aromatic heterocycles. The number of carbonyl (C=O) groups excluding carboxylic acids is 4. The molecule has 0 atom stereocenters. The number of phenols is 1. The first-order chi connectivity index (χ1) is 56.4. The Kier molecular flexibility index (Phi) is 49.6. The lowest BCUT2D eigenvalue weighted by Gasteiger charge is -2.22. The van der Waals surface area contributed by atoms with Crippen LogP contribution in [0.2, 0.25) is 0 Å². The summed E-state index contributed by atoms with van der Waals surface area (Å²) < 4.78 is 22.9. The predicted molar refractivity (Wildman–Crippen MR) is 488 cm³/mol. The van der Waals surface area contributed by atoms with Gasteiger partial charge in [-0.25, -0.2) is 29.0 Å². The highest BCUT2D eigenvalue weighted by Gasteiger charge is 2.21. The van der Waals surface area contributed by atoms with E-state index in [9.17, 15) is 24.3 Å². The van der Waals surface area contributed by atoms with Crippen molar-refractivity contribution in [1.82, 2.24) is 0 Å². The van der Waals surface area contributed by atoms with Crippen molar-refractivity contribution in [1.29, 1.82) is 0 Å². The summed E-state index contributed by atoms with van der Waals surface area (Å²) in [7, 11) is 3.76. The topological polar surface area (TPSA) is 229 Å². The molecule has 0 fully saturated rings. The van der Waals surface area contributed by atoms with Crippen LogP contribution in [0.5, 0.6) is 11.5 Å². The third kappa shape index (κ3) is 37.7. The van der Waals surface area contributed by atoms with Crippen LogP contribution in [0, 0.1) is 13.8 Å². The molecule has 116 heavy (non-hydrogen) atoms. The SMILES string of the molecule is Brc1cc(Br)cc(OCc2ccccc2)c1.CC.CC.CC.CO.COC(=O)N(c1ccccc1)c1cc(C)cc(-c2ccccc2)c1.COC(=O)N(c1ccccc1)c1cc(C)cc(Br)c1.COC(=O)Nc1ccccc1.O=C=Nc1ccccc1.OB(O)c1ccccc1.Oc1cc(Nc2ccccc2)cc(-c2ccccc2)c1. The van der Waals surface area contributed by atoms with Crippen LogP contribution in [-0.4, -0.2) is 80.2 Å². The second-order valence-corrected chi connectivity index (χ2v) is 25.7. The number of amides is 3. The number of ether oxygens (including phenoxy) is 4. The normalized spacial score (nSPS) is 9.29. The van der Waals surface area contributed by atoms with Crippen LogP contribution >= 0.6 is 47.8 Å². The summed E-state index contributed by atoms with van der Waals surface area (Å²) in [5.41, 5.74) is 14.4. The van der Waals surface area contributed by atoms with Crippen molar-refractivity contribution in [2.75, 3.05) is 48.9 Å². The molecule has 0 unspecified atom stereocenters. The van der Waals surface area contributed by atoms with Gasteiger partial charge < -0.3 is 44.5 Å². The van der Waals surface area contributed by atoms with E-state index in [1.165, 1.54) is 37.9 Å². The number of halogens is 3. The molecule has 0 radical (unpaired) electrons. The molecule has 0 saturated heterocycles. The first kappa shape index (κ1) is 98.0. The summed E-state index contributed by atoms with van der Waals surface area (Å²) in [5, 5.41) is 39.9. The lowest BCUT2D eigenvalue weighted by molar-refractivity contribution is 0.181. The second kappa shape index (κ2) is 58.7. The molecule has 3 amide bonds. The second-order valence-electron chi connectivity index (χ2n) is 23.0. The zero-order valence-electron chi connectivity index (χ0n) is 67.2. The zero-order chi connectivity index (χ0) is 85.3. The Bertz CT molecular complexity index is 4840. The van der Waals surface area contributed by atoms with Crippen LogP contribution in [0.25, 0.3) is 22.3 Å². The number of para-hydroxylation sites is 5. The molecule has 0 saturated carbocycles. The zero-order valence-corrected chi connectivity index (χ0v) is 72.0. The molecule has 13 aromatic rings. The summed E-state index contributed by atoms with van der Waals surface area (Å²) in [6, 6.07) is 109. The molecule has 13 rings (SSSR count). The van der Waals surface area contributed by atoms with Gasteiger partial charge >= 0.3 is 25.4 Å². The molecular formula is C95H101BBr3N5O12. The summed E-state index contributed by atoms with van der Waals surface area (Å²) >= 11 is 10.3. The van der Waals surface area contributed by atoms with Crippen LogP contribution in [-0.2, 0) is 25.6 Å². The van der Waals surface area contributed by atoms with Crippen molar-refractivity contribution in [3.05, 3.63) is 376 Å². The number of aryl methyl sites for hydroxylation is 2. The number of nitrogens with zero attached hydrogens (tertiary/aromatic N) is 3. The maximum Gasteiger partial charge on any atom is 0.488 e. The van der Waals surface area contributed by atoms with Gasteiger partial charge in [-0.15, -0.1) is 0 Å². The number of aliphatic hydroxyl groups is 1. The van der Waals surface area contributed by atoms with Gasteiger partial charge in [0.25, 0.3) is 0 Å². The molecule has 13 aromatic carbocycles. The molecule has 6 N–H and O–H groups in total. The Labute approximate surface area is 709 Å². The van der Waals surface area contributed by atoms with Crippen LogP contribution in [0.15, 0.2) is 364 Å². The Morgan fingerprint density at radius 1 is 0.405 bits per heavy atom.